The van der Waals surface area contributed by atoms with Gasteiger partial charge in [-0.2, -0.15) is 0 Å². The summed E-state index contributed by atoms with van der Waals surface area (Å²) >= 11 is 1.71. The SMILES string of the molecule is COc1cccc(Sc2c[nH]c3cc(OC)ccc23)c1. The summed E-state index contributed by atoms with van der Waals surface area (Å²) in [5.74, 6) is 1.73. The minimum absolute atomic E-state index is 0.859. The van der Waals surface area contributed by atoms with E-state index in [0.717, 1.165) is 21.9 Å². The monoisotopic (exact) mass is 285 g/mol. The highest BCUT2D eigenvalue weighted by molar-refractivity contribution is 7.99. The molecule has 0 saturated heterocycles. The summed E-state index contributed by atoms with van der Waals surface area (Å²) in [6.07, 6.45) is 2.02. The van der Waals surface area contributed by atoms with Gasteiger partial charge in [-0.05, 0) is 30.3 Å². The van der Waals surface area contributed by atoms with Crippen LogP contribution in [0.5, 0.6) is 11.5 Å². The zero-order valence-electron chi connectivity index (χ0n) is 11.3. The molecular weight excluding hydrogens is 270 g/mol. The molecule has 3 aromatic rings. The van der Waals surface area contributed by atoms with Gasteiger partial charge in [-0.25, -0.2) is 0 Å². The van der Waals surface area contributed by atoms with Crippen LogP contribution in [0.4, 0.5) is 0 Å². The third kappa shape index (κ3) is 2.47. The average Bonchev–Trinajstić information content (AvgIpc) is 2.89. The van der Waals surface area contributed by atoms with Crippen molar-refractivity contribution in [2.24, 2.45) is 0 Å². The summed E-state index contributed by atoms with van der Waals surface area (Å²) in [6, 6.07) is 14.1. The van der Waals surface area contributed by atoms with Crippen molar-refractivity contribution >= 4 is 22.7 Å². The number of H-pyrrole nitrogens is 1. The lowest BCUT2D eigenvalue weighted by molar-refractivity contribution is 0.413. The molecule has 2 aromatic carbocycles. The minimum atomic E-state index is 0.859. The molecule has 0 aliphatic rings. The molecule has 0 spiro atoms. The van der Waals surface area contributed by atoms with Crippen molar-refractivity contribution < 1.29 is 9.47 Å². The van der Waals surface area contributed by atoms with Crippen molar-refractivity contribution in [1.29, 1.82) is 0 Å². The summed E-state index contributed by atoms with van der Waals surface area (Å²) in [5.41, 5.74) is 1.08. The maximum absolute atomic E-state index is 5.25. The highest BCUT2D eigenvalue weighted by atomic mass is 32.2. The molecule has 20 heavy (non-hydrogen) atoms. The second-order valence-corrected chi connectivity index (χ2v) is 5.46. The molecule has 0 bridgehead atoms. The van der Waals surface area contributed by atoms with Crippen molar-refractivity contribution in [3.05, 3.63) is 48.7 Å². The fourth-order valence-electron chi connectivity index (χ4n) is 2.08. The van der Waals surface area contributed by atoms with Crippen molar-refractivity contribution in [3.8, 4) is 11.5 Å². The van der Waals surface area contributed by atoms with Gasteiger partial charge >= 0.3 is 0 Å². The second kappa shape index (κ2) is 5.51. The Bertz CT molecular complexity index is 736. The minimum Gasteiger partial charge on any atom is -0.497 e. The van der Waals surface area contributed by atoms with Crippen LogP contribution in [0.25, 0.3) is 10.9 Å². The van der Waals surface area contributed by atoms with Crippen LogP contribution in [0.15, 0.2) is 58.5 Å². The Balaban J connectivity index is 1.94. The van der Waals surface area contributed by atoms with Gasteiger partial charge in [0.05, 0.1) is 19.7 Å². The molecule has 0 unspecified atom stereocenters. The van der Waals surface area contributed by atoms with E-state index in [1.807, 2.05) is 36.5 Å². The number of ether oxygens (including phenoxy) is 2. The van der Waals surface area contributed by atoms with Crippen molar-refractivity contribution in [2.45, 2.75) is 9.79 Å². The lowest BCUT2D eigenvalue weighted by Gasteiger charge is -2.04. The summed E-state index contributed by atoms with van der Waals surface area (Å²) in [7, 11) is 3.36. The Hall–Kier alpha value is -2.07. The summed E-state index contributed by atoms with van der Waals surface area (Å²) < 4.78 is 10.5. The molecule has 0 fully saturated rings. The molecule has 4 heteroatoms. The van der Waals surface area contributed by atoms with Crippen LogP contribution in [0.2, 0.25) is 0 Å². The largest absolute Gasteiger partial charge is 0.497 e. The van der Waals surface area contributed by atoms with E-state index in [2.05, 4.69) is 17.1 Å². The van der Waals surface area contributed by atoms with Gasteiger partial charge in [0.1, 0.15) is 11.5 Å². The number of nitrogens with one attached hydrogen (secondary N) is 1. The first-order chi connectivity index (χ1) is 9.80. The normalized spacial score (nSPS) is 10.7. The quantitative estimate of drug-likeness (QED) is 0.774. The Morgan fingerprint density at radius 1 is 0.950 bits per heavy atom. The third-order valence-corrected chi connectivity index (χ3v) is 4.17. The lowest BCUT2D eigenvalue weighted by Crippen LogP contribution is -1.82. The maximum atomic E-state index is 5.25. The molecular formula is C16H15NO2S. The van der Waals surface area contributed by atoms with Crippen LogP contribution >= 0.6 is 11.8 Å². The van der Waals surface area contributed by atoms with Crippen molar-refractivity contribution in [3.63, 3.8) is 0 Å². The van der Waals surface area contributed by atoms with Crippen molar-refractivity contribution in [1.82, 2.24) is 4.98 Å². The highest BCUT2D eigenvalue weighted by Crippen LogP contribution is 2.35. The number of hydrogen-bond donors (Lipinski definition) is 1. The Morgan fingerprint density at radius 3 is 2.55 bits per heavy atom. The number of fused-ring (bicyclic) bond motifs is 1. The van der Waals surface area contributed by atoms with Gasteiger partial charge in [-0.3, -0.25) is 0 Å². The van der Waals surface area contributed by atoms with E-state index in [1.54, 1.807) is 26.0 Å². The first-order valence-corrected chi connectivity index (χ1v) is 7.09. The smallest absolute Gasteiger partial charge is 0.120 e. The fraction of sp³-hybridized carbons (Fsp3) is 0.125. The second-order valence-electron chi connectivity index (χ2n) is 4.35. The molecule has 0 aliphatic carbocycles. The zero-order valence-corrected chi connectivity index (χ0v) is 12.2. The molecule has 0 saturated carbocycles. The molecule has 0 atom stereocenters. The molecule has 0 amide bonds. The van der Waals surface area contributed by atoms with Gasteiger partial charge in [-0.15, -0.1) is 0 Å². The molecule has 3 nitrogen and oxygen atoms in total. The van der Waals surface area contributed by atoms with Crippen LogP contribution in [0.3, 0.4) is 0 Å². The zero-order chi connectivity index (χ0) is 13.9. The predicted octanol–water partition coefficient (Wildman–Crippen LogP) is 4.34. The molecule has 1 N–H and O–H groups in total. The maximum Gasteiger partial charge on any atom is 0.120 e. The van der Waals surface area contributed by atoms with Gasteiger partial charge in [0, 0.05) is 27.4 Å². The summed E-state index contributed by atoms with van der Waals surface area (Å²) in [4.78, 5) is 5.62. The molecule has 1 aromatic heterocycles. The number of aromatic nitrogens is 1. The first-order valence-electron chi connectivity index (χ1n) is 6.27. The van der Waals surface area contributed by atoms with E-state index in [-0.39, 0.29) is 0 Å². The highest BCUT2D eigenvalue weighted by Gasteiger charge is 2.07. The fourth-order valence-corrected chi connectivity index (χ4v) is 3.06. The number of rotatable bonds is 4. The van der Waals surface area contributed by atoms with Gasteiger partial charge in [0.15, 0.2) is 0 Å². The molecule has 0 aliphatic heterocycles. The molecule has 3 rings (SSSR count). The van der Waals surface area contributed by atoms with Crippen LogP contribution < -0.4 is 9.47 Å². The van der Waals surface area contributed by atoms with Gasteiger partial charge in [0.2, 0.25) is 0 Å². The van der Waals surface area contributed by atoms with Crippen LogP contribution in [-0.4, -0.2) is 19.2 Å². The Morgan fingerprint density at radius 2 is 1.75 bits per heavy atom. The van der Waals surface area contributed by atoms with Gasteiger partial charge in [0.25, 0.3) is 0 Å². The number of hydrogen-bond acceptors (Lipinski definition) is 3. The average molecular weight is 285 g/mol. The van der Waals surface area contributed by atoms with E-state index in [1.165, 1.54) is 10.3 Å². The van der Waals surface area contributed by atoms with E-state index in [4.69, 9.17) is 9.47 Å². The molecule has 1 heterocycles. The lowest BCUT2D eigenvalue weighted by atomic mass is 10.2. The predicted molar refractivity (Wildman–Crippen MR) is 82.0 cm³/mol. The van der Waals surface area contributed by atoms with E-state index in [0.29, 0.717) is 0 Å². The number of methoxy groups -OCH3 is 2. The molecule has 0 radical (unpaired) electrons. The van der Waals surface area contributed by atoms with Crippen LogP contribution in [-0.2, 0) is 0 Å². The summed E-state index contributed by atoms with van der Waals surface area (Å²) in [5, 5.41) is 1.19. The number of benzene rings is 2. The van der Waals surface area contributed by atoms with Crippen LogP contribution in [0.1, 0.15) is 0 Å². The van der Waals surface area contributed by atoms with Crippen LogP contribution in [0, 0.1) is 0 Å². The van der Waals surface area contributed by atoms with E-state index >= 15 is 0 Å². The Labute approximate surface area is 121 Å². The topological polar surface area (TPSA) is 34.2 Å². The summed E-state index contributed by atoms with van der Waals surface area (Å²) in [6.45, 7) is 0. The number of aromatic amines is 1. The first kappa shape index (κ1) is 12.9. The third-order valence-electron chi connectivity index (χ3n) is 3.12. The van der Waals surface area contributed by atoms with Crippen molar-refractivity contribution in [2.75, 3.05) is 14.2 Å². The Kier molecular flexibility index (Phi) is 3.56. The van der Waals surface area contributed by atoms with E-state index in [9.17, 15) is 0 Å². The standard InChI is InChI=1S/C16H15NO2S/c1-18-11-4-3-5-13(8-11)20-16-10-17-15-9-12(19-2)6-7-14(15)16/h3-10,17H,1-2H3. The van der Waals surface area contributed by atoms with E-state index < -0.39 is 0 Å². The molecule has 102 valence electrons. The van der Waals surface area contributed by atoms with Gasteiger partial charge in [-0.1, -0.05) is 17.8 Å². The van der Waals surface area contributed by atoms with Gasteiger partial charge < -0.3 is 14.5 Å².